The van der Waals surface area contributed by atoms with E-state index in [1.54, 1.807) is 29.2 Å². The number of nitrogens with zero attached hydrogens (tertiary/aromatic N) is 1. The summed E-state index contributed by atoms with van der Waals surface area (Å²) < 4.78 is 18.7. The van der Waals surface area contributed by atoms with Gasteiger partial charge in [0.2, 0.25) is 11.8 Å². The molecule has 1 saturated heterocycles. The normalized spacial score (nSPS) is 13.8. The molecule has 182 valence electrons. The van der Waals surface area contributed by atoms with E-state index in [1.165, 1.54) is 23.5 Å². The van der Waals surface area contributed by atoms with Gasteiger partial charge < -0.3 is 9.64 Å². The standard InChI is InChI=1S/C26H26FN3O4S/c27-20-8-6-18(7-9-20)22-10-11-23(35-22)26(33)29-28-25(32)19-12-15-30(16-13-19)24(31)14-17-34-21-4-2-1-3-5-21/h1-11,19H,12-17H2,(H,28,32)(H,29,33). The van der Waals surface area contributed by atoms with E-state index in [9.17, 15) is 18.8 Å². The van der Waals surface area contributed by atoms with Crippen molar-refractivity contribution in [2.24, 2.45) is 5.92 Å². The van der Waals surface area contributed by atoms with Crippen molar-refractivity contribution in [3.05, 3.63) is 77.4 Å². The largest absolute Gasteiger partial charge is 0.493 e. The van der Waals surface area contributed by atoms with E-state index in [0.29, 0.717) is 37.4 Å². The van der Waals surface area contributed by atoms with Crippen molar-refractivity contribution in [3.63, 3.8) is 0 Å². The van der Waals surface area contributed by atoms with Crippen molar-refractivity contribution < 1.29 is 23.5 Å². The van der Waals surface area contributed by atoms with Crippen LogP contribution < -0.4 is 15.6 Å². The van der Waals surface area contributed by atoms with Crippen LogP contribution in [0, 0.1) is 11.7 Å². The Morgan fingerprint density at radius 1 is 0.943 bits per heavy atom. The fourth-order valence-corrected chi connectivity index (χ4v) is 4.74. The lowest BCUT2D eigenvalue weighted by Crippen LogP contribution is -2.48. The maximum Gasteiger partial charge on any atom is 0.279 e. The van der Waals surface area contributed by atoms with Crippen molar-refractivity contribution >= 4 is 29.1 Å². The zero-order valence-corrected chi connectivity index (χ0v) is 19.9. The fraction of sp³-hybridized carbons (Fsp3) is 0.269. The van der Waals surface area contributed by atoms with Crippen LogP contribution in [0.3, 0.4) is 0 Å². The van der Waals surface area contributed by atoms with Gasteiger partial charge in [0.25, 0.3) is 5.91 Å². The van der Waals surface area contributed by atoms with E-state index in [0.717, 1.165) is 16.2 Å². The monoisotopic (exact) mass is 495 g/mol. The van der Waals surface area contributed by atoms with Crippen LogP contribution in [0.4, 0.5) is 4.39 Å². The molecule has 4 rings (SSSR count). The number of hydrogen-bond acceptors (Lipinski definition) is 5. The van der Waals surface area contributed by atoms with Gasteiger partial charge in [-0.1, -0.05) is 30.3 Å². The van der Waals surface area contributed by atoms with Crippen molar-refractivity contribution in [1.82, 2.24) is 15.8 Å². The van der Waals surface area contributed by atoms with Gasteiger partial charge in [-0.25, -0.2) is 4.39 Å². The van der Waals surface area contributed by atoms with Gasteiger partial charge in [-0.05, 0) is 54.8 Å². The first-order chi connectivity index (χ1) is 17.0. The lowest BCUT2D eigenvalue weighted by atomic mass is 9.96. The number of hydrazine groups is 1. The molecule has 1 fully saturated rings. The number of halogens is 1. The molecule has 0 atom stereocenters. The second-order valence-corrected chi connectivity index (χ2v) is 9.26. The van der Waals surface area contributed by atoms with Crippen LogP contribution in [-0.2, 0) is 9.59 Å². The second kappa shape index (κ2) is 11.6. The van der Waals surface area contributed by atoms with Gasteiger partial charge in [-0.3, -0.25) is 25.2 Å². The predicted molar refractivity (Wildman–Crippen MR) is 131 cm³/mol. The smallest absolute Gasteiger partial charge is 0.279 e. The maximum absolute atomic E-state index is 13.1. The number of para-hydroxylation sites is 1. The molecule has 7 nitrogen and oxygen atoms in total. The third-order valence-corrected chi connectivity index (χ3v) is 6.94. The van der Waals surface area contributed by atoms with E-state index >= 15 is 0 Å². The third kappa shape index (κ3) is 6.66. The number of carbonyl (C=O) groups is 3. The maximum atomic E-state index is 13.1. The topological polar surface area (TPSA) is 87.7 Å². The first kappa shape index (κ1) is 24.4. The average molecular weight is 496 g/mol. The second-order valence-electron chi connectivity index (χ2n) is 8.18. The molecular formula is C26H26FN3O4S. The Morgan fingerprint density at radius 3 is 2.37 bits per heavy atom. The molecule has 2 aromatic carbocycles. The van der Waals surface area contributed by atoms with Crippen LogP contribution in [0.2, 0.25) is 0 Å². The van der Waals surface area contributed by atoms with E-state index < -0.39 is 5.91 Å². The van der Waals surface area contributed by atoms with Gasteiger partial charge in [0.05, 0.1) is 17.9 Å². The molecule has 3 amide bonds. The Labute approximate surface area is 206 Å². The summed E-state index contributed by atoms with van der Waals surface area (Å²) in [4.78, 5) is 40.4. The summed E-state index contributed by atoms with van der Waals surface area (Å²) in [6.45, 7) is 1.28. The first-order valence-electron chi connectivity index (χ1n) is 11.4. The molecular weight excluding hydrogens is 469 g/mol. The zero-order chi connectivity index (χ0) is 24.6. The number of benzene rings is 2. The summed E-state index contributed by atoms with van der Waals surface area (Å²) in [6.07, 6.45) is 1.34. The number of amides is 3. The first-order valence-corrected chi connectivity index (χ1v) is 12.2. The SMILES string of the molecule is O=C(NNC(=O)C1CCN(C(=O)CCOc2ccccc2)CC1)c1ccc(-c2ccc(F)cc2)s1. The van der Waals surface area contributed by atoms with E-state index in [4.69, 9.17) is 4.74 Å². The van der Waals surface area contributed by atoms with Gasteiger partial charge in [0, 0.05) is 23.9 Å². The number of piperidine rings is 1. The Morgan fingerprint density at radius 2 is 1.66 bits per heavy atom. The van der Waals surface area contributed by atoms with Gasteiger partial charge in [-0.15, -0.1) is 11.3 Å². The van der Waals surface area contributed by atoms with E-state index in [2.05, 4.69) is 10.9 Å². The molecule has 1 aliphatic rings. The number of ether oxygens (including phenoxy) is 1. The summed E-state index contributed by atoms with van der Waals surface area (Å²) in [5.74, 6) is -0.554. The van der Waals surface area contributed by atoms with Crippen LogP contribution in [-0.4, -0.2) is 42.3 Å². The summed E-state index contributed by atoms with van der Waals surface area (Å²) in [5, 5.41) is 0. The molecule has 3 aromatic rings. The van der Waals surface area contributed by atoms with Crippen LogP contribution in [0.25, 0.3) is 10.4 Å². The number of likely N-dealkylation sites (tertiary alicyclic amines) is 1. The predicted octanol–water partition coefficient (Wildman–Crippen LogP) is 4.02. The highest BCUT2D eigenvalue weighted by Crippen LogP contribution is 2.28. The van der Waals surface area contributed by atoms with Gasteiger partial charge in [0.1, 0.15) is 11.6 Å². The van der Waals surface area contributed by atoms with E-state index in [1.807, 2.05) is 30.3 Å². The molecule has 9 heteroatoms. The van der Waals surface area contributed by atoms with Crippen molar-refractivity contribution in [2.75, 3.05) is 19.7 Å². The summed E-state index contributed by atoms with van der Waals surface area (Å²) >= 11 is 1.26. The average Bonchev–Trinajstić information content (AvgIpc) is 3.39. The Hall–Kier alpha value is -3.72. The number of nitrogens with one attached hydrogen (secondary N) is 2. The number of carbonyl (C=O) groups excluding carboxylic acids is 3. The third-order valence-electron chi connectivity index (χ3n) is 5.80. The minimum atomic E-state index is -0.414. The number of thiophene rings is 1. The Balaban J connectivity index is 1.17. The molecule has 0 spiro atoms. The van der Waals surface area contributed by atoms with Crippen molar-refractivity contribution in [1.29, 1.82) is 0 Å². The highest BCUT2D eigenvalue weighted by molar-refractivity contribution is 7.17. The van der Waals surface area contributed by atoms with Crippen molar-refractivity contribution in [2.45, 2.75) is 19.3 Å². The molecule has 0 aliphatic carbocycles. The van der Waals surface area contributed by atoms with Crippen LogP contribution in [0.15, 0.2) is 66.7 Å². The summed E-state index contributed by atoms with van der Waals surface area (Å²) in [7, 11) is 0. The zero-order valence-electron chi connectivity index (χ0n) is 19.0. The summed E-state index contributed by atoms with van der Waals surface area (Å²) in [5.41, 5.74) is 5.77. The summed E-state index contributed by atoms with van der Waals surface area (Å²) in [6, 6.07) is 18.8. The highest BCUT2D eigenvalue weighted by Gasteiger charge is 2.27. The molecule has 0 unspecified atom stereocenters. The molecule has 35 heavy (non-hydrogen) atoms. The van der Waals surface area contributed by atoms with Crippen molar-refractivity contribution in [3.8, 4) is 16.2 Å². The van der Waals surface area contributed by atoms with Crippen LogP contribution in [0.1, 0.15) is 28.9 Å². The van der Waals surface area contributed by atoms with Crippen LogP contribution in [0.5, 0.6) is 5.75 Å². The number of hydrogen-bond donors (Lipinski definition) is 2. The van der Waals surface area contributed by atoms with Gasteiger partial charge in [-0.2, -0.15) is 0 Å². The van der Waals surface area contributed by atoms with E-state index in [-0.39, 0.29) is 30.0 Å². The fourth-order valence-electron chi connectivity index (χ4n) is 3.83. The minimum absolute atomic E-state index is 0.00254. The molecule has 1 aromatic heterocycles. The Kier molecular flexibility index (Phi) is 8.10. The van der Waals surface area contributed by atoms with Gasteiger partial charge in [0.15, 0.2) is 0 Å². The lowest BCUT2D eigenvalue weighted by molar-refractivity contribution is -0.136. The molecule has 2 N–H and O–H groups in total. The quantitative estimate of drug-likeness (QED) is 0.485. The molecule has 0 saturated carbocycles. The lowest BCUT2D eigenvalue weighted by Gasteiger charge is -2.31. The highest BCUT2D eigenvalue weighted by atomic mass is 32.1. The Bertz CT molecular complexity index is 1160. The molecule has 1 aliphatic heterocycles. The molecule has 0 bridgehead atoms. The molecule has 2 heterocycles. The number of rotatable bonds is 7. The van der Waals surface area contributed by atoms with Gasteiger partial charge >= 0.3 is 0 Å². The van der Waals surface area contributed by atoms with Crippen LogP contribution >= 0.6 is 11.3 Å². The minimum Gasteiger partial charge on any atom is -0.493 e. The molecule has 0 radical (unpaired) electrons.